The minimum atomic E-state index is -0.545. The van der Waals surface area contributed by atoms with Crippen LogP contribution in [0.3, 0.4) is 0 Å². The van der Waals surface area contributed by atoms with E-state index in [0.29, 0.717) is 11.1 Å². The third-order valence-electron chi connectivity index (χ3n) is 5.14. The Balaban J connectivity index is 1.46. The molecule has 0 fully saturated rings. The highest BCUT2D eigenvalue weighted by Crippen LogP contribution is 2.26. The molecular formula is C23H19NO5. The molecular weight excluding hydrogens is 370 g/mol. The summed E-state index contributed by atoms with van der Waals surface area (Å²) in [7, 11) is 1.61. The van der Waals surface area contributed by atoms with Gasteiger partial charge in [-0.15, -0.1) is 0 Å². The predicted molar refractivity (Wildman–Crippen MR) is 107 cm³/mol. The fraction of sp³-hybridized carbons (Fsp3) is 0.174. The smallest absolute Gasteiger partial charge is 0.314 e. The van der Waals surface area contributed by atoms with E-state index in [0.717, 1.165) is 27.0 Å². The van der Waals surface area contributed by atoms with Crippen LogP contribution in [0.2, 0.25) is 0 Å². The lowest BCUT2D eigenvalue weighted by atomic mass is 9.98. The summed E-state index contributed by atoms with van der Waals surface area (Å²) in [5, 5.41) is 1.97. The Labute approximate surface area is 167 Å². The van der Waals surface area contributed by atoms with E-state index in [2.05, 4.69) is 0 Å². The number of imide groups is 1. The first-order valence-corrected chi connectivity index (χ1v) is 9.19. The van der Waals surface area contributed by atoms with Crippen molar-refractivity contribution in [2.24, 2.45) is 0 Å². The summed E-state index contributed by atoms with van der Waals surface area (Å²) in [6.45, 7) is 1.33. The maximum Gasteiger partial charge on any atom is 0.314 e. The largest absolute Gasteiger partial charge is 0.497 e. The van der Waals surface area contributed by atoms with Crippen LogP contribution in [-0.4, -0.2) is 36.5 Å². The number of methoxy groups -OCH3 is 1. The van der Waals surface area contributed by atoms with Crippen molar-refractivity contribution in [2.75, 3.05) is 13.8 Å². The number of benzene rings is 3. The van der Waals surface area contributed by atoms with Crippen molar-refractivity contribution >= 4 is 28.6 Å². The number of amides is 2. The van der Waals surface area contributed by atoms with Crippen molar-refractivity contribution < 1.29 is 23.9 Å². The summed E-state index contributed by atoms with van der Waals surface area (Å²) in [6.07, 6.45) is 0. The highest BCUT2D eigenvalue weighted by Gasteiger charge is 2.36. The molecule has 1 unspecified atom stereocenters. The molecule has 4 rings (SSSR count). The Morgan fingerprint density at radius 3 is 2.21 bits per heavy atom. The summed E-state index contributed by atoms with van der Waals surface area (Å²) in [5.74, 6) is -1.19. The third kappa shape index (κ3) is 3.33. The molecule has 0 aliphatic carbocycles. The van der Waals surface area contributed by atoms with E-state index >= 15 is 0 Å². The molecule has 1 atom stereocenters. The van der Waals surface area contributed by atoms with Gasteiger partial charge in [0.2, 0.25) is 0 Å². The summed E-state index contributed by atoms with van der Waals surface area (Å²) in [6, 6.07) is 18.0. The average molecular weight is 389 g/mol. The molecule has 6 nitrogen and oxygen atoms in total. The van der Waals surface area contributed by atoms with Crippen LogP contribution in [0.5, 0.6) is 5.75 Å². The van der Waals surface area contributed by atoms with Gasteiger partial charge in [0.25, 0.3) is 11.8 Å². The van der Waals surface area contributed by atoms with Gasteiger partial charge in [0.1, 0.15) is 5.75 Å². The zero-order chi connectivity index (χ0) is 20.5. The lowest BCUT2D eigenvalue weighted by Gasteiger charge is -2.17. The Morgan fingerprint density at radius 2 is 1.55 bits per heavy atom. The van der Waals surface area contributed by atoms with Gasteiger partial charge in [0.05, 0.1) is 24.2 Å². The van der Waals surface area contributed by atoms with Crippen LogP contribution in [0.4, 0.5) is 0 Å². The lowest BCUT2D eigenvalue weighted by molar-refractivity contribution is -0.147. The summed E-state index contributed by atoms with van der Waals surface area (Å²) < 4.78 is 10.5. The van der Waals surface area contributed by atoms with Gasteiger partial charge in [-0.1, -0.05) is 36.4 Å². The number of carbonyl (C=O) groups excluding carboxylic acids is 3. The topological polar surface area (TPSA) is 72.9 Å². The maximum atomic E-state index is 12.5. The van der Waals surface area contributed by atoms with Crippen LogP contribution in [0.25, 0.3) is 10.8 Å². The molecule has 0 bridgehead atoms. The van der Waals surface area contributed by atoms with E-state index in [1.54, 1.807) is 38.3 Å². The molecule has 1 aliphatic rings. The van der Waals surface area contributed by atoms with Crippen LogP contribution in [0, 0.1) is 0 Å². The van der Waals surface area contributed by atoms with Crippen LogP contribution < -0.4 is 4.74 Å². The van der Waals surface area contributed by atoms with E-state index in [-0.39, 0.29) is 0 Å². The number of esters is 1. The van der Waals surface area contributed by atoms with E-state index in [1.807, 2.05) is 36.4 Å². The molecule has 0 radical (unpaired) electrons. The van der Waals surface area contributed by atoms with E-state index < -0.39 is 30.4 Å². The second-order valence-corrected chi connectivity index (χ2v) is 6.87. The number of rotatable bonds is 5. The molecule has 0 N–H and O–H groups in total. The van der Waals surface area contributed by atoms with E-state index in [9.17, 15) is 14.4 Å². The quantitative estimate of drug-likeness (QED) is 0.491. The first-order valence-electron chi connectivity index (χ1n) is 9.19. The third-order valence-corrected chi connectivity index (χ3v) is 5.14. The highest BCUT2D eigenvalue weighted by atomic mass is 16.5. The van der Waals surface area contributed by atoms with Gasteiger partial charge in [0, 0.05) is 0 Å². The molecule has 0 spiro atoms. The fourth-order valence-corrected chi connectivity index (χ4v) is 3.38. The molecule has 1 aliphatic heterocycles. The van der Waals surface area contributed by atoms with Crippen molar-refractivity contribution in [1.82, 2.24) is 4.90 Å². The van der Waals surface area contributed by atoms with Crippen molar-refractivity contribution in [3.63, 3.8) is 0 Å². The normalized spacial score (nSPS) is 14.1. The van der Waals surface area contributed by atoms with Gasteiger partial charge in [-0.3, -0.25) is 14.4 Å². The van der Waals surface area contributed by atoms with Gasteiger partial charge in [-0.25, -0.2) is 4.90 Å². The molecule has 0 saturated heterocycles. The van der Waals surface area contributed by atoms with Crippen LogP contribution in [0.15, 0.2) is 60.7 Å². The van der Waals surface area contributed by atoms with E-state index in [1.165, 1.54) is 0 Å². The molecule has 2 amide bonds. The van der Waals surface area contributed by atoms with E-state index in [4.69, 9.17) is 9.47 Å². The zero-order valence-corrected chi connectivity index (χ0v) is 16.0. The predicted octanol–water partition coefficient (Wildman–Crippen LogP) is 3.75. The van der Waals surface area contributed by atoms with Gasteiger partial charge in [0.15, 0.2) is 6.73 Å². The van der Waals surface area contributed by atoms with Crippen molar-refractivity contribution in [2.45, 2.75) is 12.8 Å². The van der Waals surface area contributed by atoms with Gasteiger partial charge in [-0.05, 0) is 47.5 Å². The second kappa shape index (κ2) is 7.39. The number of hydrogen-bond donors (Lipinski definition) is 0. The first-order chi connectivity index (χ1) is 14.0. The number of fused-ring (bicyclic) bond motifs is 2. The monoisotopic (exact) mass is 389 g/mol. The fourth-order valence-electron chi connectivity index (χ4n) is 3.38. The van der Waals surface area contributed by atoms with Crippen LogP contribution >= 0.6 is 0 Å². The van der Waals surface area contributed by atoms with Gasteiger partial charge >= 0.3 is 5.97 Å². The zero-order valence-electron chi connectivity index (χ0n) is 16.0. The number of nitrogens with zero attached hydrogens (tertiary/aromatic N) is 1. The minimum absolute atomic E-state index is 0.326. The summed E-state index contributed by atoms with van der Waals surface area (Å²) in [5.41, 5.74) is 1.44. The van der Waals surface area contributed by atoms with Crippen molar-refractivity contribution in [3.8, 4) is 5.75 Å². The molecule has 6 heteroatoms. The van der Waals surface area contributed by atoms with Crippen molar-refractivity contribution in [1.29, 1.82) is 0 Å². The molecule has 3 aromatic carbocycles. The number of ether oxygens (including phenoxy) is 2. The molecule has 146 valence electrons. The molecule has 1 heterocycles. The second-order valence-electron chi connectivity index (χ2n) is 6.87. The number of hydrogen-bond acceptors (Lipinski definition) is 5. The maximum absolute atomic E-state index is 12.5. The van der Waals surface area contributed by atoms with Gasteiger partial charge < -0.3 is 9.47 Å². The standard InChI is InChI=1S/C23H19NO5/c1-14(15-7-8-17-12-18(28-2)10-9-16(17)11-15)23(27)29-13-24-21(25)19-5-3-4-6-20(19)22(24)26/h3-12,14H,13H2,1-2H3. The SMILES string of the molecule is COc1ccc2cc(C(C)C(=O)OCN3C(=O)c4ccccc4C3=O)ccc2c1. The molecule has 0 saturated carbocycles. The van der Waals surface area contributed by atoms with Crippen LogP contribution in [-0.2, 0) is 9.53 Å². The minimum Gasteiger partial charge on any atom is -0.497 e. The Kier molecular flexibility index (Phi) is 4.76. The summed E-state index contributed by atoms with van der Waals surface area (Å²) >= 11 is 0. The van der Waals surface area contributed by atoms with Crippen molar-refractivity contribution in [3.05, 3.63) is 77.4 Å². The number of carbonyl (C=O) groups is 3. The van der Waals surface area contributed by atoms with Crippen LogP contribution in [0.1, 0.15) is 39.1 Å². The Morgan fingerprint density at radius 1 is 0.931 bits per heavy atom. The average Bonchev–Trinajstić information content (AvgIpc) is 3.00. The first kappa shape index (κ1) is 18.7. The lowest BCUT2D eigenvalue weighted by Crippen LogP contribution is -2.34. The molecule has 0 aromatic heterocycles. The van der Waals surface area contributed by atoms with Gasteiger partial charge in [-0.2, -0.15) is 0 Å². The highest BCUT2D eigenvalue weighted by molar-refractivity contribution is 6.21. The Hall–Kier alpha value is -3.67. The summed E-state index contributed by atoms with van der Waals surface area (Å²) in [4.78, 5) is 38.2. The Bertz CT molecular complexity index is 1100. The molecule has 29 heavy (non-hydrogen) atoms. The molecule has 3 aromatic rings.